The number of hydrogen-bond acceptors (Lipinski definition) is 5. The van der Waals surface area contributed by atoms with Crippen LogP contribution in [0.3, 0.4) is 0 Å². The van der Waals surface area contributed by atoms with E-state index in [-0.39, 0.29) is 0 Å². The molecule has 162 valence electrons. The maximum atomic E-state index is 10.1. The Morgan fingerprint density at radius 1 is 1.10 bits per heavy atom. The first-order valence-electron chi connectivity index (χ1n) is 10.6. The lowest BCUT2D eigenvalue weighted by atomic mass is 10.1. The second kappa shape index (κ2) is 9.55. The number of benzene rings is 2. The topological polar surface area (TPSA) is 77.1 Å². The minimum Gasteiger partial charge on any atom is -0.506 e. The molecule has 0 saturated carbocycles. The van der Waals surface area contributed by atoms with Gasteiger partial charge >= 0.3 is 0 Å². The van der Waals surface area contributed by atoms with Crippen LogP contribution in [0.2, 0.25) is 0 Å². The Hall–Kier alpha value is -3.48. The van der Waals surface area contributed by atoms with Crippen molar-refractivity contribution >= 4 is 11.6 Å². The zero-order valence-electron chi connectivity index (χ0n) is 18.1. The molecule has 0 aliphatic carbocycles. The number of phenolic OH excluding ortho intramolecular Hbond substituents is 1. The van der Waals surface area contributed by atoms with Crippen LogP contribution in [-0.2, 0) is 6.42 Å². The SMILES string of the molecule is CN=C(NCCc1coc(-c2ccc(C)cc2)n1)N1CCN(c2ccccc2O)CC1. The number of rotatable bonds is 5. The summed E-state index contributed by atoms with van der Waals surface area (Å²) in [6.45, 7) is 6.15. The van der Waals surface area contributed by atoms with Crippen LogP contribution in [0, 0.1) is 6.92 Å². The number of para-hydroxylation sites is 2. The molecule has 1 aliphatic rings. The summed E-state index contributed by atoms with van der Waals surface area (Å²) in [4.78, 5) is 13.5. The van der Waals surface area contributed by atoms with Crippen LogP contribution in [-0.4, -0.2) is 60.7 Å². The van der Waals surface area contributed by atoms with Gasteiger partial charge < -0.3 is 24.6 Å². The van der Waals surface area contributed by atoms with Gasteiger partial charge in [0.1, 0.15) is 12.0 Å². The fourth-order valence-electron chi connectivity index (χ4n) is 3.78. The van der Waals surface area contributed by atoms with E-state index in [1.165, 1.54) is 5.56 Å². The summed E-state index contributed by atoms with van der Waals surface area (Å²) >= 11 is 0. The van der Waals surface area contributed by atoms with E-state index >= 15 is 0 Å². The highest BCUT2D eigenvalue weighted by atomic mass is 16.3. The van der Waals surface area contributed by atoms with Crippen molar-refractivity contribution in [1.29, 1.82) is 0 Å². The first kappa shape index (κ1) is 20.8. The normalized spacial score (nSPS) is 14.7. The van der Waals surface area contributed by atoms with Crippen LogP contribution >= 0.6 is 0 Å². The number of aromatic nitrogens is 1. The van der Waals surface area contributed by atoms with Crippen LogP contribution in [0.1, 0.15) is 11.3 Å². The molecule has 7 nitrogen and oxygen atoms in total. The van der Waals surface area contributed by atoms with Gasteiger partial charge in [0, 0.05) is 51.8 Å². The number of aryl methyl sites for hydroxylation is 1. The third-order valence-electron chi connectivity index (χ3n) is 5.53. The van der Waals surface area contributed by atoms with Crippen LogP contribution in [0.15, 0.2) is 64.2 Å². The Morgan fingerprint density at radius 2 is 1.84 bits per heavy atom. The summed E-state index contributed by atoms with van der Waals surface area (Å²) in [6.07, 6.45) is 2.48. The Morgan fingerprint density at radius 3 is 2.55 bits per heavy atom. The van der Waals surface area contributed by atoms with Gasteiger partial charge in [-0.05, 0) is 31.2 Å². The zero-order valence-corrected chi connectivity index (χ0v) is 18.1. The first-order chi connectivity index (χ1) is 15.1. The molecule has 0 radical (unpaired) electrons. The Balaban J connectivity index is 1.27. The molecule has 2 N–H and O–H groups in total. The molecule has 2 heterocycles. The van der Waals surface area contributed by atoms with Gasteiger partial charge in [0.15, 0.2) is 5.96 Å². The van der Waals surface area contributed by atoms with E-state index in [1.54, 1.807) is 12.3 Å². The molecule has 0 unspecified atom stereocenters. The average Bonchev–Trinajstić information content (AvgIpc) is 3.27. The fourth-order valence-corrected chi connectivity index (χ4v) is 3.78. The molecule has 0 spiro atoms. The number of aliphatic imine (C=N–C) groups is 1. The summed E-state index contributed by atoms with van der Waals surface area (Å²) < 4.78 is 5.65. The third-order valence-corrected chi connectivity index (χ3v) is 5.53. The molecule has 0 bridgehead atoms. The van der Waals surface area contributed by atoms with E-state index in [1.807, 2.05) is 37.4 Å². The number of phenols is 1. The lowest BCUT2D eigenvalue weighted by Crippen LogP contribution is -2.52. The zero-order chi connectivity index (χ0) is 21.6. The Bertz CT molecular complexity index is 1020. The summed E-state index contributed by atoms with van der Waals surface area (Å²) in [5.41, 5.74) is 4.01. The average molecular weight is 420 g/mol. The Kier molecular flexibility index (Phi) is 6.40. The molecular formula is C24H29N5O2. The van der Waals surface area contributed by atoms with E-state index in [0.717, 1.165) is 62.0 Å². The number of nitrogens with zero attached hydrogens (tertiary/aromatic N) is 4. The quantitative estimate of drug-likeness (QED) is 0.488. The lowest BCUT2D eigenvalue weighted by Gasteiger charge is -2.37. The molecule has 3 aromatic rings. The summed E-state index contributed by atoms with van der Waals surface area (Å²) in [6, 6.07) is 15.7. The molecule has 1 aromatic heterocycles. The third kappa shape index (κ3) is 4.99. The van der Waals surface area contributed by atoms with Crippen molar-refractivity contribution in [3.63, 3.8) is 0 Å². The van der Waals surface area contributed by atoms with Crippen LogP contribution in [0.5, 0.6) is 5.75 Å². The monoisotopic (exact) mass is 419 g/mol. The number of hydrogen-bond donors (Lipinski definition) is 2. The van der Waals surface area contributed by atoms with Gasteiger partial charge in [-0.25, -0.2) is 4.98 Å². The summed E-state index contributed by atoms with van der Waals surface area (Å²) in [7, 11) is 1.81. The van der Waals surface area contributed by atoms with Gasteiger partial charge in [-0.1, -0.05) is 29.8 Å². The minimum atomic E-state index is 0.330. The van der Waals surface area contributed by atoms with Crippen molar-refractivity contribution in [2.24, 2.45) is 4.99 Å². The van der Waals surface area contributed by atoms with Crippen LogP contribution in [0.4, 0.5) is 5.69 Å². The number of piperazine rings is 1. The predicted molar refractivity (Wildman–Crippen MR) is 124 cm³/mol. The van der Waals surface area contributed by atoms with Crippen molar-refractivity contribution in [1.82, 2.24) is 15.2 Å². The van der Waals surface area contributed by atoms with Crippen molar-refractivity contribution < 1.29 is 9.52 Å². The predicted octanol–water partition coefficient (Wildman–Crippen LogP) is 3.30. The van der Waals surface area contributed by atoms with E-state index in [2.05, 4.69) is 44.1 Å². The number of nitrogens with one attached hydrogen (secondary N) is 1. The number of oxazole rings is 1. The van der Waals surface area contributed by atoms with E-state index < -0.39 is 0 Å². The molecule has 1 saturated heterocycles. The number of guanidine groups is 1. The number of aromatic hydroxyl groups is 1. The van der Waals surface area contributed by atoms with Gasteiger partial charge in [0.25, 0.3) is 0 Å². The molecule has 0 amide bonds. The van der Waals surface area contributed by atoms with Crippen molar-refractivity contribution in [2.75, 3.05) is 44.7 Å². The van der Waals surface area contributed by atoms with Gasteiger partial charge in [0.2, 0.25) is 5.89 Å². The molecule has 0 atom stereocenters. The maximum absolute atomic E-state index is 10.1. The lowest BCUT2D eigenvalue weighted by molar-refractivity contribution is 0.370. The van der Waals surface area contributed by atoms with Crippen molar-refractivity contribution in [2.45, 2.75) is 13.3 Å². The van der Waals surface area contributed by atoms with E-state index in [0.29, 0.717) is 11.6 Å². The highest BCUT2D eigenvalue weighted by molar-refractivity contribution is 5.80. The largest absolute Gasteiger partial charge is 0.506 e. The number of anilines is 1. The molecule has 7 heteroatoms. The molecule has 1 aliphatic heterocycles. The van der Waals surface area contributed by atoms with Gasteiger partial charge in [-0.15, -0.1) is 0 Å². The summed E-state index contributed by atoms with van der Waals surface area (Å²) in [5, 5.41) is 13.5. The van der Waals surface area contributed by atoms with E-state index in [4.69, 9.17) is 4.42 Å². The molecule has 1 fully saturated rings. The van der Waals surface area contributed by atoms with E-state index in [9.17, 15) is 5.11 Å². The minimum absolute atomic E-state index is 0.330. The second-order valence-corrected chi connectivity index (χ2v) is 7.70. The highest BCUT2D eigenvalue weighted by Gasteiger charge is 2.21. The van der Waals surface area contributed by atoms with Crippen LogP contribution in [0.25, 0.3) is 11.5 Å². The molecule has 2 aromatic carbocycles. The molecule has 31 heavy (non-hydrogen) atoms. The second-order valence-electron chi connectivity index (χ2n) is 7.70. The highest BCUT2D eigenvalue weighted by Crippen LogP contribution is 2.27. The smallest absolute Gasteiger partial charge is 0.226 e. The first-order valence-corrected chi connectivity index (χ1v) is 10.6. The molecular weight excluding hydrogens is 390 g/mol. The standard InChI is InChI=1S/C24H29N5O2/c1-18-7-9-19(10-8-18)23-27-20(17-31-23)11-12-26-24(25-2)29-15-13-28(14-16-29)21-5-3-4-6-22(21)30/h3-10,17,30H,11-16H2,1-2H3,(H,25,26). The Labute approximate surface area is 183 Å². The van der Waals surface area contributed by atoms with Gasteiger partial charge in [-0.3, -0.25) is 4.99 Å². The van der Waals surface area contributed by atoms with Crippen molar-refractivity contribution in [3.8, 4) is 17.2 Å². The van der Waals surface area contributed by atoms with Crippen LogP contribution < -0.4 is 10.2 Å². The fraction of sp³-hybridized carbons (Fsp3) is 0.333. The van der Waals surface area contributed by atoms with Gasteiger partial charge in [0.05, 0.1) is 11.4 Å². The molecule has 4 rings (SSSR count). The van der Waals surface area contributed by atoms with Gasteiger partial charge in [-0.2, -0.15) is 0 Å². The summed E-state index contributed by atoms with van der Waals surface area (Å²) in [5.74, 6) is 1.87. The van der Waals surface area contributed by atoms with Crippen molar-refractivity contribution in [3.05, 3.63) is 66.1 Å². The maximum Gasteiger partial charge on any atom is 0.226 e.